The van der Waals surface area contributed by atoms with E-state index < -0.39 is 11.2 Å². The summed E-state index contributed by atoms with van der Waals surface area (Å²) in [6.07, 6.45) is 1.37. The molecule has 0 amide bonds. The topological polar surface area (TPSA) is 105 Å². The number of aromatic amines is 3. The van der Waals surface area contributed by atoms with Crippen LogP contribution in [0.15, 0.2) is 15.8 Å². The summed E-state index contributed by atoms with van der Waals surface area (Å²) in [5.41, 5.74) is -0.445. The van der Waals surface area contributed by atoms with Gasteiger partial charge in [-0.3, -0.25) is 9.78 Å². The fourth-order valence-electron chi connectivity index (χ4n) is 1.13. The zero-order valence-electron chi connectivity index (χ0n) is 6.34. The van der Waals surface area contributed by atoms with Gasteiger partial charge in [0.25, 0.3) is 5.56 Å². The number of nitrogens with one attached hydrogen (secondary N) is 3. The van der Waals surface area contributed by atoms with E-state index in [1.807, 2.05) is 11.1 Å². The largest absolute Gasteiger partial charge is 0.354 e. The average molecular weight is 176 g/mol. The minimum absolute atomic E-state index is 0.205. The third-order valence-electron chi connectivity index (χ3n) is 1.69. The molecule has 6 nitrogen and oxygen atoms in total. The molecule has 2 heterocycles. The fraction of sp³-hybridized carbons (Fsp3) is 0. The van der Waals surface area contributed by atoms with Crippen molar-refractivity contribution in [1.29, 1.82) is 5.26 Å². The Labute approximate surface area is 70.8 Å². The quantitative estimate of drug-likeness (QED) is 0.499. The Hall–Kier alpha value is -2.29. The Balaban J connectivity index is 3.09. The van der Waals surface area contributed by atoms with Gasteiger partial charge in [0.1, 0.15) is 11.6 Å². The third-order valence-corrected chi connectivity index (χ3v) is 1.69. The van der Waals surface area contributed by atoms with Gasteiger partial charge in [0.15, 0.2) is 0 Å². The molecule has 13 heavy (non-hydrogen) atoms. The Morgan fingerprint density at radius 2 is 2.00 bits per heavy atom. The van der Waals surface area contributed by atoms with Gasteiger partial charge >= 0.3 is 5.69 Å². The molecule has 0 aromatic carbocycles. The number of fused-ring (bicyclic) bond motifs is 1. The van der Waals surface area contributed by atoms with Gasteiger partial charge in [-0.25, -0.2) is 4.79 Å². The van der Waals surface area contributed by atoms with Crippen molar-refractivity contribution in [3.63, 3.8) is 0 Å². The summed E-state index contributed by atoms with van der Waals surface area (Å²) in [5, 5.41) is 8.60. The Morgan fingerprint density at radius 3 is 2.69 bits per heavy atom. The van der Waals surface area contributed by atoms with E-state index in [1.54, 1.807) is 0 Å². The second kappa shape index (κ2) is 2.35. The summed E-state index contributed by atoms with van der Waals surface area (Å²) in [4.78, 5) is 29.0. The molecule has 6 heteroatoms. The van der Waals surface area contributed by atoms with E-state index in [0.29, 0.717) is 0 Å². The molecule has 64 valence electrons. The summed E-state index contributed by atoms with van der Waals surface area (Å²) in [7, 11) is 0. The van der Waals surface area contributed by atoms with Crippen molar-refractivity contribution < 1.29 is 0 Å². The van der Waals surface area contributed by atoms with E-state index in [2.05, 4.69) is 9.97 Å². The first-order valence-electron chi connectivity index (χ1n) is 3.46. The molecule has 0 atom stereocenters. The molecule has 2 rings (SSSR count). The van der Waals surface area contributed by atoms with Crippen LogP contribution in [-0.4, -0.2) is 15.0 Å². The van der Waals surface area contributed by atoms with Crippen molar-refractivity contribution in [2.24, 2.45) is 0 Å². The van der Waals surface area contributed by atoms with E-state index in [1.165, 1.54) is 6.20 Å². The standard InChI is InChI=1S/C7H4N4O2/c8-1-3-2-9-5-4(3)10-7(13)11-6(5)12/h2,9H,(H2,10,11,12,13). The SMILES string of the molecule is N#Cc1c[nH]c2c(=O)[nH]c(=O)[nH]c12. The molecule has 0 spiro atoms. The maximum Gasteiger partial charge on any atom is 0.326 e. The van der Waals surface area contributed by atoms with Crippen molar-refractivity contribution in [3.05, 3.63) is 32.6 Å². The van der Waals surface area contributed by atoms with Crippen molar-refractivity contribution in [2.45, 2.75) is 0 Å². The molecule has 3 N–H and O–H groups in total. The molecule has 0 unspecified atom stereocenters. The first-order valence-corrected chi connectivity index (χ1v) is 3.46. The lowest BCUT2D eigenvalue weighted by molar-refractivity contribution is 1.08. The van der Waals surface area contributed by atoms with Crippen LogP contribution in [0.2, 0.25) is 0 Å². The van der Waals surface area contributed by atoms with E-state index in [4.69, 9.17) is 5.26 Å². The van der Waals surface area contributed by atoms with Crippen LogP contribution in [0.1, 0.15) is 5.56 Å². The maximum absolute atomic E-state index is 11.1. The van der Waals surface area contributed by atoms with Crippen LogP contribution in [0, 0.1) is 11.3 Å². The van der Waals surface area contributed by atoms with Crippen molar-refractivity contribution in [1.82, 2.24) is 15.0 Å². The van der Waals surface area contributed by atoms with Crippen LogP contribution >= 0.6 is 0 Å². The zero-order chi connectivity index (χ0) is 9.42. The predicted molar refractivity (Wildman–Crippen MR) is 44.3 cm³/mol. The monoisotopic (exact) mass is 176 g/mol. The van der Waals surface area contributed by atoms with E-state index in [0.717, 1.165) is 0 Å². The van der Waals surface area contributed by atoms with Gasteiger partial charge in [-0.2, -0.15) is 5.26 Å². The van der Waals surface area contributed by atoms with Crippen molar-refractivity contribution in [2.75, 3.05) is 0 Å². The van der Waals surface area contributed by atoms with Crippen molar-refractivity contribution >= 4 is 11.0 Å². The molecular formula is C7H4N4O2. The van der Waals surface area contributed by atoms with Gasteiger partial charge in [-0.15, -0.1) is 0 Å². The molecular weight excluding hydrogens is 172 g/mol. The van der Waals surface area contributed by atoms with Crippen LogP contribution in [0.3, 0.4) is 0 Å². The minimum atomic E-state index is -0.617. The zero-order valence-corrected chi connectivity index (χ0v) is 6.34. The summed E-state index contributed by atoms with van der Waals surface area (Å²) in [6.45, 7) is 0. The van der Waals surface area contributed by atoms with Crippen molar-refractivity contribution in [3.8, 4) is 6.07 Å². The highest BCUT2D eigenvalue weighted by atomic mass is 16.2. The molecule has 2 aromatic rings. The molecule has 0 aliphatic rings. The summed E-state index contributed by atoms with van der Waals surface area (Å²) >= 11 is 0. The van der Waals surface area contributed by atoms with E-state index >= 15 is 0 Å². The lowest BCUT2D eigenvalue weighted by Gasteiger charge is -1.87. The predicted octanol–water partition coefficient (Wildman–Crippen LogP) is -0.584. The molecule has 0 fully saturated rings. The number of rotatable bonds is 0. The minimum Gasteiger partial charge on any atom is -0.354 e. The molecule has 0 saturated carbocycles. The summed E-state index contributed by atoms with van der Waals surface area (Å²) < 4.78 is 0. The van der Waals surface area contributed by atoms with Gasteiger partial charge in [-0.05, 0) is 0 Å². The highest BCUT2D eigenvalue weighted by molar-refractivity contribution is 5.80. The smallest absolute Gasteiger partial charge is 0.326 e. The van der Waals surface area contributed by atoms with Crippen LogP contribution in [0.5, 0.6) is 0 Å². The number of nitrogens with zero attached hydrogens (tertiary/aromatic N) is 1. The van der Waals surface area contributed by atoms with E-state index in [9.17, 15) is 9.59 Å². The maximum atomic E-state index is 11.1. The number of nitriles is 1. The first kappa shape index (κ1) is 7.36. The molecule has 2 aromatic heterocycles. The van der Waals surface area contributed by atoms with Gasteiger partial charge < -0.3 is 9.97 Å². The lowest BCUT2D eigenvalue weighted by Crippen LogP contribution is -2.21. The highest BCUT2D eigenvalue weighted by Gasteiger charge is 2.06. The number of H-pyrrole nitrogens is 3. The molecule has 0 saturated heterocycles. The van der Waals surface area contributed by atoms with Gasteiger partial charge in [-0.1, -0.05) is 0 Å². The third kappa shape index (κ3) is 0.945. The lowest BCUT2D eigenvalue weighted by atomic mass is 10.3. The molecule has 0 radical (unpaired) electrons. The number of hydrogen-bond acceptors (Lipinski definition) is 3. The first-order chi connectivity index (χ1) is 6.22. The van der Waals surface area contributed by atoms with Crippen LogP contribution < -0.4 is 11.2 Å². The molecule has 0 bridgehead atoms. The Kier molecular flexibility index (Phi) is 1.33. The highest BCUT2D eigenvalue weighted by Crippen LogP contribution is 2.07. The second-order valence-corrected chi connectivity index (χ2v) is 2.47. The molecule has 0 aliphatic heterocycles. The second-order valence-electron chi connectivity index (χ2n) is 2.47. The van der Waals surface area contributed by atoms with Gasteiger partial charge in [0.2, 0.25) is 0 Å². The Bertz CT molecular complexity index is 610. The van der Waals surface area contributed by atoms with Crippen LogP contribution in [0.25, 0.3) is 11.0 Å². The summed E-state index contributed by atoms with van der Waals surface area (Å²) in [6, 6.07) is 1.85. The normalized spacial score (nSPS) is 10.1. The number of aromatic nitrogens is 3. The van der Waals surface area contributed by atoms with Gasteiger partial charge in [0, 0.05) is 6.20 Å². The molecule has 0 aliphatic carbocycles. The van der Waals surface area contributed by atoms with Crippen LogP contribution in [0.4, 0.5) is 0 Å². The van der Waals surface area contributed by atoms with E-state index in [-0.39, 0.29) is 16.6 Å². The van der Waals surface area contributed by atoms with Gasteiger partial charge in [0.05, 0.1) is 11.1 Å². The summed E-state index contributed by atoms with van der Waals surface area (Å²) in [5.74, 6) is 0. The number of hydrogen-bond donors (Lipinski definition) is 3. The van der Waals surface area contributed by atoms with Crippen LogP contribution in [-0.2, 0) is 0 Å². The Morgan fingerprint density at radius 1 is 1.23 bits per heavy atom. The average Bonchev–Trinajstić information content (AvgIpc) is 2.47. The fourth-order valence-corrected chi connectivity index (χ4v) is 1.13.